The van der Waals surface area contributed by atoms with Gasteiger partial charge < -0.3 is 19.4 Å². The van der Waals surface area contributed by atoms with E-state index >= 15 is 0 Å². The molecule has 2 rings (SSSR count). The van der Waals surface area contributed by atoms with Crippen LogP contribution in [-0.2, 0) is 0 Å². The molecule has 0 spiro atoms. The van der Waals surface area contributed by atoms with Crippen molar-refractivity contribution in [1.82, 2.24) is 0 Å². The lowest BCUT2D eigenvalue weighted by Gasteiger charge is -2.08. The molecule has 0 atom stereocenters. The molecule has 2 aromatic rings. The number of fused-ring (bicyclic) bond motifs is 1. The molecular weight excluding hydrogens is 260 g/mol. The Balaban J connectivity index is 2.32. The highest BCUT2D eigenvalue weighted by molar-refractivity contribution is 5.90. The van der Waals surface area contributed by atoms with Gasteiger partial charge in [-0.15, -0.1) is 0 Å². The largest absolute Gasteiger partial charge is 0.507 e. The number of allylic oxidation sites excluding steroid dienone is 1. The van der Waals surface area contributed by atoms with Crippen LogP contribution >= 0.6 is 0 Å². The lowest BCUT2D eigenvalue weighted by Crippen LogP contribution is -2.08. The van der Waals surface area contributed by atoms with Gasteiger partial charge in [-0.3, -0.25) is 0 Å². The summed E-state index contributed by atoms with van der Waals surface area (Å²) in [7, 11) is 0. The number of ether oxygens (including phenoxy) is 1. The van der Waals surface area contributed by atoms with Gasteiger partial charge in [-0.05, 0) is 25.0 Å². The van der Waals surface area contributed by atoms with Gasteiger partial charge in [0.2, 0.25) is 5.75 Å². The minimum absolute atomic E-state index is 0.0752. The average Bonchev–Trinajstić information content (AvgIpc) is 2.41. The summed E-state index contributed by atoms with van der Waals surface area (Å²) < 4.78 is 10.3. The highest BCUT2D eigenvalue weighted by atomic mass is 16.5. The molecule has 0 unspecified atom stereocenters. The van der Waals surface area contributed by atoms with E-state index < -0.39 is 11.4 Å². The topological polar surface area (TPSA) is 79.9 Å². The maximum Gasteiger partial charge on any atom is 0.383 e. The summed E-state index contributed by atoms with van der Waals surface area (Å²) in [5.74, 6) is -0.836. The fraction of sp³-hybridized carbons (Fsp3) is 0.267. The van der Waals surface area contributed by atoms with Crippen molar-refractivity contribution in [3.05, 3.63) is 40.8 Å². The summed E-state index contributed by atoms with van der Waals surface area (Å²) in [5, 5.41) is 19.8. The number of benzene rings is 1. The first-order chi connectivity index (χ1) is 9.65. The molecule has 0 saturated carbocycles. The van der Waals surface area contributed by atoms with E-state index in [0.29, 0.717) is 6.42 Å². The third kappa shape index (κ3) is 2.77. The van der Waals surface area contributed by atoms with Crippen LogP contribution in [0.2, 0.25) is 0 Å². The van der Waals surface area contributed by atoms with E-state index in [4.69, 9.17) is 9.15 Å². The predicted molar refractivity (Wildman–Crippen MR) is 75.4 cm³/mol. The van der Waals surface area contributed by atoms with Gasteiger partial charge in [0.25, 0.3) is 0 Å². The second kappa shape index (κ2) is 6.14. The average molecular weight is 276 g/mol. The molecule has 5 nitrogen and oxygen atoms in total. The molecular formula is C15H16O5. The molecule has 20 heavy (non-hydrogen) atoms. The summed E-state index contributed by atoms with van der Waals surface area (Å²) in [6.07, 6.45) is 5.46. The van der Waals surface area contributed by atoms with E-state index in [-0.39, 0.29) is 29.1 Å². The Morgan fingerprint density at radius 1 is 1.30 bits per heavy atom. The Kier molecular flexibility index (Phi) is 4.30. The molecule has 1 aromatic carbocycles. The van der Waals surface area contributed by atoms with Gasteiger partial charge >= 0.3 is 5.63 Å². The fourth-order valence-electron chi connectivity index (χ4n) is 1.84. The number of phenolic OH excluding ortho intramolecular Hbond substituents is 1. The first kappa shape index (κ1) is 14.0. The molecule has 1 aromatic heterocycles. The molecule has 0 bridgehead atoms. The molecule has 2 N–H and O–H groups in total. The monoisotopic (exact) mass is 276 g/mol. The molecule has 0 saturated heterocycles. The smallest absolute Gasteiger partial charge is 0.383 e. The Morgan fingerprint density at radius 3 is 2.85 bits per heavy atom. The van der Waals surface area contributed by atoms with Gasteiger partial charge in [0.1, 0.15) is 16.7 Å². The molecule has 0 radical (unpaired) electrons. The van der Waals surface area contributed by atoms with E-state index in [1.807, 2.05) is 19.1 Å². The van der Waals surface area contributed by atoms with Crippen LogP contribution in [0, 0.1) is 0 Å². The Morgan fingerprint density at radius 2 is 2.10 bits per heavy atom. The van der Waals surface area contributed by atoms with Crippen LogP contribution in [-0.4, -0.2) is 16.8 Å². The van der Waals surface area contributed by atoms with Crippen LogP contribution < -0.4 is 10.4 Å². The van der Waals surface area contributed by atoms with Gasteiger partial charge in [-0.25, -0.2) is 4.79 Å². The van der Waals surface area contributed by atoms with Crippen molar-refractivity contribution < 1.29 is 19.4 Å². The molecule has 0 aliphatic rings. The van der Waals surface area contributed by atoms with E-state index in [1.165, 1.54) is 18.2 Å². The zero-order valence-electron chi connectivity index (χ0n) is 11.1. The first-order valence-electron chi connectivity index (χ1n) is 6.40. The highest BCUT2D eigenvalue weighted by Crippen LogP contribution is 2.36. The van der Waals surface area contributed by atoms with Crippen LogP contribution in [0.4, 0.5) is 0 Å². The number of phenols is 1. The Labute approximate surface area is 115 Å². The summed E-state index contributed by atoms with van der Waals surface area (Å²) in [6.45, 7) is 2.26. The Bertz CT molecular complexity index is 684. The summed E-state index contributed by atoms with van der Waals surface area (Å²) in [4.78, 5) is 11.7. The van der Waals surface area contributed by atoms with E-state index in [1.54, 1.807) is 0 Å². The van der Waals surface area contributed by atoms with E-state index in [2.05, 4.69) is 0 Å². The van der Waals surface area contributed by atoms with Crippen molar-refractivity contribution in [3.8, 4) is 17.2 Å². The van der Waals surface area contributed by atoms with Gasteiger partial charge in [-0.1, -0.05) is 25.1 Å². The molecule has 5 heteroatoms. The van der Waals surface area contributed by atoms with Crippen LogP contribution in [0.5, 0.6) is 17.2 Å². The molecule has 106 valence electrons. The number of hydrogen-bond donors (Lipinski definition) is 2. The zero-order chi connectivity index (χ0) is 14.5. The highest BCUT2D eigenvalue weighted by Gasteiger charge is 2.17. The second-order valence-electron chi connectivity index (χ2n) is 4.23. The minimum atomic E-state index is -0.764. The van der Waals surface area contributed by atoms with Gasteiger partial charge in [0.05, 0.1) is 6.61 Å². The predicted octanol–water partition coefficient (Wildman–Crippen LogP) is 2.94. The van der Waals surface area contributed by atoms with Gasteiger partial charge in [-0.2, -0.15) is 0 Å². The van der Waals surface area contributed by atoms with Gasteiger partial charge in [0, 0.05) is 0 Å². The maximum absolute atomic E-state index is 11.7. The number of rotatable bonds is 5. The summed E-state index contributed by atoms with van der Waals surface area (Å²) in [5.41, 5.74) is -0.647. The normalized spacial score (nSPS) is 11.2. The number of hydrogen-bond acceptors (Lipinski definition) is 5. The van der Waals surface area contributed by atoms with Crippen molar-refractivity contribution in [2.45, 2.75) is 19.8 Å². The molecule has 0 fully saturated rings. The van der Waals surface area contributed by atoms with Crippen LogP contribution in [0.15, 0.2) is 39.6 Å². The quantitative estimate of drug-likeness (QED) is 0.498. The fourth-order valence-corrected chi connectivity index (χ4v) is 1.84. The van der Waals surface area contributed by atoms with Crippen LogP contribution in [0.3, 0.4) is 0 Å². The molecule has 0 aliphatic heterocycles. The SMILES string of the molecule is CCC=CCCOc1c(O)c2c(O)cccc2oc1=O. The molecule has 0 aliphatic carbocycles. The lowest BCUT2D eigenvalue weighted by atomic mass is 10.2. The van der Waals surface area contributed by atoms with Crippen LogP contribution in [0.1, 0.15) is 19.8 Å². The lowest BCUT2D eigenvalue weighted by molar-refractivity contribution is 0.290. The standard InChI is InChI=1S/C15H16O5/c1-2-3-4-5-9-19-14-13(17)12-10(16)7-6-8-11(12)20-15(14)18/h3-4,6-8,16-17H,2,5,9H2,1H3. The van der Waals surface area contributed by atoms with Crippen molar-refractivity contribution in [2.75, 3.05) is 6.61 Å². The van der Waals surface area contributed by atoms with Crippen molar-refractivity contribution in [2.24, 2.45) is 0 Å². The zero-order valence-corrected chi connectivity index (χ0v) is 11.1. The van der Waals surface area contributed by atoms with Gasteiger partial charge in [0.15, 0.2) is 5.75 Å². The van der Waals surface area contributed by atoms with Crippen molar-refractivity contribution in [3.63, 3.8) is 0 Å². The third-order valence-electron chi connectivity index (χ3n) is 2.78. The second-order valence-corrected chi connectivity index (χ2v) is 4.23. The maximum atomic E-state index is 11.7. The number of aromatic hydroxyl groups is 2. The third-order valence-corrected chi connectivity index (χ3v) is 2.78. The Hall–Kier alpha value is -2.43. The molecule has 0 amide bonds. The minimum Gasteiger partial charge on any atom is -0.507 e. The summed E-state index contributed by atoms with van der Waals surface area (Å²) in [6, 6.07) is 4.41. The first-order valence-corrected chi connectivity index (χ1v) is 6.40. The van der Waals surface area contributed by atoms with Crippen molar-refractivity contribution >= 4 is 11.0 Å². The summed E-state index contributed by atoms with van der Waals surface area (Å²) >= 11 is 0. The van der Waals surface area contributed by atoms with Crippen molar-refractivity contribution in [1.29, 1.82) is 0 Å². The van der Waals surface area contributed by atoms with Crippen LogP contribution in [0.25, 0.3) is 11.0 Å². The molecule has 1 heterocycles. The van der Waals surface area contributed by atoms with E-state index in [0.717, 1.165) is 6.42 Å². The van der Waals surface area contributed by atoms with E-state index in [9.17, 15) is 15.0 Å².